The Labute approximate surface area is 140 Å². The van der Waals surface area contributed by atoms with Crippen LogP contribution in [0.5, 0.6) is 0 Å². The highest BCUT2D eigenvalue weighted by Crippen LogP contribution is 2.35. The Balaban J connectivity index is 2.06. The summed E-state index contributed by atoms with van der Waals surface area (Å²) in [5.74, 6) is 0.00601. The second kappa shape index (κ2) is 6.96. The van der Waals surface area contributed by atoms with E-state index in [4.69, 9.17) is 0 Å². The van der Waals surface area contributed by atoms with Crippen LogP contribution in [0.1, 0.15) is 49.0 Å². The monoisotopic (exact) mass is 330 g/mol. The highest BCUT2D eigenvalue weighted by atomic mass is 32.1. The number of benzene rings is 1. The fraction of sp³-hybridized carbons (Fsp3) is 0.333. The summed E-state index contributed by atoms with van der Waals surface area (Å²) >= 11 is 1.63. The molecule has 1 heterocycles. The van der Waals surface area contributed by atoms with Crippen molar-refractivity contribution in [2.75, 3.05) is 5.32 Å². The van der Waals surface area contributed by atoms with E-state index in [9.17, 15) is 9.59 Å². The van der Waals surface area contributed by atoms with E-state index in [1.54, 1.807) is 35.6 Å². The summed E-state index contributed by atoms with van der Waals surface area (Å²) in [6, 6.07) is 10.6. The molecule has 5 heteroatoms. The van der Waals surface area contributed by atoms with Gasteiger partial charge in [-0.3, -0.25) is 4.79 Å². The molecule has 1 atom stereocenters. The van der Waals surface area contributed by atoms with Crippen LogP contribution in [-0.2, 0) is 0 Å². The summed E-state index contributed by atoms with van der Waals surface area (Å²) in [7, 11) is 0. The van der Waals surface area contributed by atoms with Gasteiger partial charge in [0.05, 0.1) is 6.04 Å². The summed E-state index contributed by atoms with van der Waals surface area (Å²) in [6.07, 6.45) is 0. The lowest BCUT2D eigenvalue weighted by atomic mass is 9.86. The van der Waals surface area contributed by atoms with Crippen molar-refractivity contribution in [2.24, 2.45) is 5.41 Å². The largest absolute Gasteiger partial charge is 0.330 e. The lowest BCUT2D eigenvalue weighted by molar-refractivity contribution is 0.101. The first-order valence-corrected chi connectivity index (χ1v) is 8.37. The molecular formula is C18H22N2O2S. The van der Waals surface area contributed by atoms with Gasteiger partial charge in [0, 0.05) is 16.1 Å². The molecule has 0 bridgehead atoms. The van der Waals surface area contributed by atoms with Crippen LogP contribution in [0.3, 0.4) is 0 Å². The molecular weight excluding hydrogens is 308 g/mol. The molecule has 2 N–H and O–H groups in total. The van der Waals surface area contributed by atoms with Crippen LogP contribution in [0, 0.1) is 5.41 Å². The zero-order chi connectivity index (χ0) is 17.0. The number of hydrogen-bond donors (Lipinski definition) is 2. The smallest absolute Gasteiger partial charge is 0.319 e. The third-order valence-electron chi connectivity index (χ3n) is 3.52. The minimum absolute atomic E-state index is 0.00601. The van der Waals surface area contributed by atoms with Crippen molar-refractivity contribution in [2.45, 2.75) is 33.7 Å². The molecule has 1 aromatic heterocycles. The molecule has 0 saturated heterocycles. The number of hydrogen-bond acceptors (Lipinski definition) is 3. The molecule has 122 valence electrons. The van der Waals surface area contributed by atoms with E-state index in [0.717, 1.165) is 4.88 Å². The molecule has 23 heavy (non-hydrogen) atoms. The molecule has 1 unspecified atom stereocenters. The Kier molecular flexibility index (Phi) is 5.21. The maximum absolute atomic E-state index is 12.3. The van der Waals surface area contributed by atoms with Crippen LogP contribution in [0.15, 0.2) is 41.8 Å². The van der Waals surface area contributed by atoms with Crippen molar-refractivity contribution < 1.29 is 9.59 Å². The standard InChI is InChI=1S/C18H22N2O2S/c1-12(21)13-7-9-14(10-8-13)19-17(22)20-16(18(2,3)4)15-6-5-11-23-15/h5-11,16H,1-4H3,(H2,19,20,22). The summed E-state index contributed by atoms with van der Waals surface area (Å²) in [5.41, 5.74) is 1.19. The molecule has 2 aromatic rings. The second-order valence-corrected chi connectivity index (χ2v) is 7.53. The molecule has 0 aliphatic heterocycles. The van der Waals surface area contributed by atoms with Gasteiger partial charge in [-0.15, -0.1) is 11.3 Å². The predicted molar refractivity (Wildman–Crippen MR) is 95.1 cm³/mol. The molecule has 0 radical (unpaired) electrons. The Hall–Kier alpha value is -2.14. The van der Waals surface area contributed by atoms with Gasteiger partial charge in [0.15, 0.2) is 5.78 Å². The summed E-state index contributed by atoms with van der Waals surface area (Å²) in [5, 5.41) is 7.86. The van der Waals surface area contributed by atoms with E-state index in [-0.39, 0.29) is 23.3 Å². The lowest BCUT2D eigenvalue weighted by Gasteiger charge is -2.30. The van der Waals surface area contributed by atoms with Crippen molar-refractivity contribution in [3.05, 3.63) is 52.2 Å². The summed E-state index contributed by atoms with van der Waals surface area (Å²) in [4.78, 5) is 24.7. The van der Waals surface area contributed by atoms with E-state index in [1.807, 2.05) is 17.5 Å². The molecule has 2 rings (SSSR count). The Bertz CT molecular complexity index is 670. The van der Waals surface area contributed by atoms with Crippen molar-refractivity contribution in [3.8, 4) is 0 Å². The predicted octanol–water partition coefficient (Wildman–Crippen LogP) is 4.86. The number of nitrogens with one attached hydrogen (secondary N) is 2. The molecule has 4 nitrogen and oxygen atoms in total. The first-order valence-electron chi connectivity index (χ1n) is 7.49. The van der Waals surface area contributed by atoms with Gasteiger partial charge < -0.3 is 10.6 Å². The normalized spacial score (nSPS) is 12.5. The average molecular weight is 330 g/mol. The maximum Gasteiger partial charge on any atom is 0.319 e. The third kappa shape index (κ3) is 4.66. The average Bonchev–Trinajstić information content (AvgIpc) is 2.98. The van der Waals surface area contributed by atoms with Crippen molar-refractivity contribution in [1.82, 2.24) is 5.32 Å². The lowest BCUT2D eigenvalue weighted by Crippen LogP contribution is -2.38. The highest BCUT2D eigenvalue weighted by molar-refractivity contribution is 7.10. The number of amides is 2. The number of anilines is 1. The van der Waals surface area contributed by atoms with Crippen LogP contribution in [0.25, 0.3) is 0 Å². The van der Waals surface area contributed by atoms with Crippen molar-refractivity contribution >= 4 is 28.8 Å². The van der Waals surface area contributed by atoms with Crippen molar-refractivity contribution in [3.63, 3.8) is 0 Å². The van der Waals surface area contributed by atoms with Gasteiger partial charge in [-0.25, -0.2) is 4.79 Å². The Morgan fingerprint density at radius 3 is 2.22 bits per heavy atom. The van der Waals surface area contributed by atoms with Crippen LogP contribution >= 0.6 is 11.3 Å². The molecule has 0 aliphatic carbocycles. The minimum atomic E-state index is -0.256. The molecule has 0 aliphatic rings. The minimum Gasteiger partial charge on any atom is -0.330 e. The highest BCUT2D eigenvalue weighted by Gasteiger charge is 2.28. The SMILES string of the molecule is CC(=O)c1ccc(NC(=O)NC(c2cccs2)C(C)(C)C)cc1. The van der Waals surface area contributed by atoms with E-state index >= 15 is 0 Å². The maximum atomic E-state index is 12.3. The van der Waals surface area contributed by atoms with Crippen LogP contribution in [0.4, 0.5) is 10.5 Å². The van der Waals surface area contributed by atoms with Crippen molar-refractivity contribution in [1.29, 1.82) is 0 Å². The number of urea groups is 1. The van der Waals surface area contributed by atoms with E-state index in [0.29, 0.717) is 11.3 Å². The number of ketones is 1. The van der Waals surface area contributed by atoms with Gasteiger partial charge in [0.2, 0.25) is 0 Å². The zero-order valence-corrected chi connectivity index (χ0v) is 14.7. The first kappa shape index (κ1) is 17.2. The Morgan fingerprint density at radius 2 is 1.74 bits per heavy atom. The summed E-state index contributed by atoms with van der Waals surface area (Å²) in [6.45, 7) is 7.81. The molecule has 0 spiro atoms. The Morgan fingerprint density at radius 1 is 1.09 bits per heavy atom. The number of thiophene rings is 1. The fourth-order valence-electron chi connectivity index (χ4n) is 2.26. The molecule has 2 amide bonds. The van der Waals surface area contributed by atoms with Gasteiger partial charge in [-0.05, 0) is 48.1 Å². The number of carbonyl (C=O) groups excluding carboxylic acids is 2. The topological polar surface area (TPSA) is 58.2 Å². The van der Waals surface area contributed by atoms with Gasteiger partial charge in [-0.2, -0.15) is 0 Å². The summed E-state index contributed by atoms with van der Waals surface area (Å²) < 4.78 is 0. The van der Waals surface area contributed by atoms with Gasteiger partial charge >= 0.3 is 6.03 Å². The fourth-order valence-corrected chi connectivity index (χ4v) is 3.28. The quantitative estimate of drug-likeness (QED) is 0.787. The first-order chi connectivity index (χ1) is 10.8. The van der Waals surface area contributed by atoms with Crippen LogP contribution < -0.4 is 10.6 Å². The van der Waals surface area contributed by atoms with E-state index in [1.165, 1.54) is 6.92 Å². The zero-order valence-electron chi connectivity index (χ0n) is 13.8. The van der Waals surface area contributed by atoms with Gasteiger partial charge in [-0.1, -0.05) is 26.8 Å². The van der Waals surface area contributed by atoms with Crippen LogP contribution in [0.2, 0.25) is 0 Å². The molecule has 0 saturated carbocycles. The van der Waals surface area contributed by atoms with Gasteiger partial charge in [0.1, 0.15) is 0 Å². The third-order valence-corrected chi connectivity index (χ3v) is 4.46. The molecule has 1 aromatic carbocycles. The molecule has 0 fully saturated rings. The van der Waals surface area contributed by atoms with E-state index < -0.39 is 0 Å². The van der Waals surface area contributed by atoms with Crippen LogP contribution in [-0.4, -0.2) is 11.8 Å². The number of Topliss-reactive ketones (excluding diaryl/α,β-unsaturated/α-hetero) is 1. The second-order valence-electron chi connectivity index (χ2n) is 6.55. The number of carbonyl (C=O) groups is 2. The van der Waals surface area contributed by atoms with Gasteiger partial charge in [0.25, 0.3) is 0 Å². The van der Waals surface area contributed by atoms with E-state index in [2.05, 4.69) is 31.4 Å². The number of rotatable bonds is 4.